The van der Waals surface area contributed by atoms with Crippen LogP contribution in [0.25, 0.3) is 0 Å². The van der Waals surface area contributed by atoms with Crippen LogP contribution < -0.4 is 9.64 Å². The lowest BCUT2D eigenvalue weighted by Crippen LogP contribution is -2.36. The summed E-state index contributed by atoms with van der Waals surface area (Å²) in [6.07, 6.45) is 0.808. The Kier molecular flexibility index (Phi) is 4.31. The van der Waals surface area contributed by atoms with Crippen LogP contribution in [0, 0.1) is 0 Å². The first-order chi connectivity index (χ1) is 12.2. The first-order valence-corrected chi connectivity index (χ1v) is 8.49. The van der Waals surface area contributed by atoms with E-state index in [1.807, 2.05) is 18.2 Å². The van der Waals surface area contributed by atoms with Gasteiger partial charge in [0.15, 0.2) is 5.82 Å². The summed E-state index contributed by atoms with van der Waals surface area (Å²) in [5.74, 6) is 1.73. The van der Waals surface area contributed by atoms with E-state index in [-0.39, 0.29) is 5.91 Å². The summed E-state index contributed by atoms with van der Waals surface area (Å²) in [4.78, 5) is 16.6. The van der Waals surface area contributed by atoms with Gasteiger partial charge in [-0.15, -0.1) is 0 Å². The third kappa shape index (κ3) is 3.19. The van der Waals surface area contributed by atoms with Gasteiger partial charge in [-0.1, -0.05) is 11.2 Å². The van der Waals surface area contributed by atoms with Crippen molar-refractivity contribution < 1.29 is 18.8 Å². The van der Waals surface area contributed by atoms with Crippen LogP contribution in [0.5, 0.6) is 5.75 Å². The molecule has 0 unspecified atom stereocenters. The van der Waals surface area contributed by atoms with Crippen LogP contribution in [-0.2, 0) is 17.7 Å². The van der Waals surface area contributed by atoms with E-state index in [0.717, 1.165) is 30.8 Å². The molecule has 0 saturated carbocycles. The number of hydrogen-bond donors (Lipinski definition) is 0. The molecule has 7 heteroatoms. The van der Waals surface area contributed by atoms with Crippen LogP contribution in [-0.4, -0.2) is 55.9 Å². The predicted octanol–water partition coefficient (Wildman–Crippen LogP) is 1.72. The number of anilines is 1. The molecule has 0 atom stereocenters. The lowest BCUT2D eigenvalue weighted by atomic mass is 9.99. The lowest BCUT2D eigenvalue weighted by Gasteiger charge is -2.28. The quantitative estimate of drug-likeness (QED) is 0.845. The summed E-state index contributed by atoms with van der Waals surface area (Å²) in [5.41, 5.74) is 2.38. The highest BCUT2D eigenvalue weighted by molar-refractivity contribution is 5.92. The Morgan fingerprint density at radius 1 is 1.16 bits per heavy atom. The number of carbonyl (C=O) groups is 1. The Morgan fingerprint density at radius 3 is 2.80 bits per heavy atom. The van der Waals surface area contributed by atoms with Gasteiger partial charge in [-0.2, -0.15) is 0 Å². The summed E-state index contributed by atoms with van der Waals surface area (Å²) < 4.78 is 15.9. The molecule has 1 aromatic heterocycles. The normalized spacial score (nSPS) is 17.3. The summed E-state index contributed by atoms with van der Waals surface area (Å²) >= 11 is 0. The summed E-state index contributed by atoms with van der Waals surface area (Å²) in [6.45, 7) is 4.10. The van der Waals surface area contributed by atoms with E-state index in [0.29, 0.717) is 37.9 Å². The minimum Gasteiger partial charge on any atom is -0.497 e. The Bertz CT molecular complexity index is 767. The van der Waals surface area contributed by atoms with E-state index in [1.165, 1.54) is 5.56 Å². The number of benzene rings is 1. The molecule has 0 spiro atoms. The van der Waals surface area contributed by atoms with Crippen molar-refractivity contribution in [1.82, 2.24) is 10.1 Å². The van der Waals surface area contributed by atoms with Crippen molar-refractivity contribution in [3.05, 3.63) is 41.2 Å². The molecule has 1 amide bonds. The van der Waals surface area contributed by atoms with Crippen LogP contribution in [0.4, 0.5) is 5.82 Å². The van der Waals surface area contributed by atoms with Gasteiger partial charge in [0, 0.05) is 32.2 Å². The molecule has 2 aromatic rings. The van der Waals surface area contributed by atoms with Crippen molar-refractivity contribution in [2.45, 2.75) is 13.0 Å². The second kappa shape index (κ2) is 6.76. The molecular weight excluding hydrogens is 322 g/mol. The number of carbonyl (C=O) groups excluding carboxylic acids is 1. The summed E-state index contributed by atoms with van der Waals surface area (Å²) in [7, 11) is 1.66. The van der Waals surface area contributed by atoms with Crippen molar-refractivity contribution in [2.75, 3.05) is 44.9 Å². The number of methoxy groups -OCH3 is 1. The Balaban J connectivity index is 1.47. The number of fused-ring (bicyclic) bond motifs is 1. The number of aromatic nitrogens is 1. The minimum atomic E-state index is -0.117. The Labute approximate surface area is 146 Å². The molecule has 7 nitrogen and oxygen atoms in total. The van der Waals surface area contributed by atoms with Crippen molar-refractivity contribution in [2.24, 2.45) is 0 Å². The van der Waals surface area contributed by atoms with Crippen molar-refractivity contribution in [1.29, 1.82) is 0 Å². The molecule has 1 saturated heterocycles. The van der Waals surface area contributed by atoms with Gasteiger partial charge in [0.1, 0.15) is 5.75 Å². The topological polar surface area (TPSA) is 68.0 Å². The number of rotatable bonds is 3. The smallest absolute Gasteiger partial charge is 0.292 e. The molecule has 2 aliphatic rings. The second-order valence-corrected chi connectivity index (χ2v) is 6.26. The van der Waals surface area contributed by atoms with Crippen LogP contribution >= 0.6 is 0 Å². The fourth-order valence-corrected chi connectivity index (χ4v) is 3.29. The second-order valence-electron chi connectivity index (χ2n) is 6.26. The van der Waals surface area contributed by atoms with Crippen molar-refractivity contribution in [3.63, 3.8) is 0 Å². The zero-order valence-electron chi connectivity index (χ0n) is 14.2. The fraction of sp³-hybridized carbons (Fsp3) is 0.444. The number of ether oxygens (including phenoxy) is 2. The SMILES string of the molecule is COc1ccc2c(c1)CCN(C(=O)c1cc(N3CCOCC3)no1)C2. The third-order valence-electron chi connectivity index (χ3n) is 4.76. The van der Waals surface area contributed by atoms with Crippen LogP contribution in [0.2, 0.25) is 0 Å². The molecule has 2 aliphatic heterocycles. The number of hydrogen-bond acceptors (Lipinski definition) is 6. The minimum absolute atomic E-state index is 0.117. The van der Waals surface area contributed by atoms with Gasteiger partial charge in [0.05, 0.1) is 20.3 Å². The molecule has 0 radical (unpaired) electrons. The van der Waals surface area contributed by atoms with Gasteiger partial charge in [0.25, 0.3) is 5.91 Å². The van der Waals surface area contributed by atoms with Crippen LogP contribution in [0.1, 0.15) is 21.7 Å². The number of morpholine rings is 1. The summed E-state index contributed by atoms with van der Waals surface area (Å²) in [5, 5.41) is 4.05. The zero-order chi connectivity index (χ0) is 17.2. The molecule has 25 heavy (non-hydrogen) atoms. The Morgan fingerprint density at radius 2 is 2.00 bits per heavy atom. The highest BCUT2D eigenvalue weighted by Gasteiger charge is 2.26. The highest BCUT2D eigenvalue weighted by Crippen LogP contribution is 2.25. The lowest BCUT2D eigenvalue weighted by molar-refractivity contribution is 0.0692. The maximum Gasteiger partial charge on any atom is 0.292 e. The van der Waals surface area contributed by atoms with E-state index in [4.69, 9.17) is 14.0 Å². The largest absolute Gasteiger partial charge is 0.497 e. The maximum atomic E-state index is 12.8. The molecule has 132 valence electrons. The Hall–Kier alpha value is -2.54. The first-order valence-electron chi connectivity index (χ1n) is 8.49. The average Bonchev–Trinajstić information content (AvgIpc) is 3.17. The monoisotopic (exact) mass is 343 g/mol. The standard InChI is InChI=1S/C18H21N3O4/c1-23-15-3-2-14-12-21(5-4-13(14)10-15)18(22)16-11-17(19-25-16)20-6-8-24-9-7-20/h2-3,10-11H,4-9,12H2,1H3. The highest BCUT2D eigenvalue weighted by atomic mass is 16.5. The van der Waals surface area contributed by atoms with E-state index in [2.05, 4.69) is 10.1 Å². The molecule has 0 aliphatic carbocycles. The first kappa shape index (κ1) is 16.0. The molecule has 1 aromatic carbocycles. The van der Waals surface area contributed by atoms with E-state index in [1.54, 1.807) is 18.1 Å². The third-order valence-corrected chi connectivity index (χ3v) is 4.76. The van der Waals surface area contributed by atoms with Gasteiger partial charge < -0.3 is 23.8 Å². The molecule has 1 fully saturated rings. The van der Waals surface area contributed by atoms with E-state index in [9.17, 15) is 4.79 Å². The van der Waals surface area contributed by atoms with E-state index < -0.39 is 0 Å². The van der Waals surface area contributed by atoms with Gasteiger partial charge >= 0.3 is 0 Å². The van der Waals surface area contributed by atoms with Gasteiger partial charge in [-0.05, 0) is 29.7 Å². The molecule has 4 rings (SSSR count). The molecule has 0 bridgehead atoms. The zero-order valence-corrected chi connectivity index (χ0v) is 14.2. The number of amides is 1. The van der Waals surface area contributed by atoms with Crippen LogP contribution in [0.3, 0.4) is 0 Å². The van der Waals surface area contributed by atoms with Gasteiger partial charge in [-0.3, -0.25) is 4.79 Å². The number of nitrogens with zero attached hydrogens (tertiary/aromatic N) is 3. The van der Waals surface area contributed by atoms with Crippen molar-refractivity contribution in [3.8, 4) is 5.75 Å². The average molecular weight is 343 g/mol. The molecular formula is C18H21N3O4. The van der Waals surface area contributed by atoms with Crippen molar-refractivity contribution >= 4 is 11.7 Å². The maximum absolute atomic E-state index is 12.8. The van der Waals surface area contributed by atoms with E-state index >= 15 is 0 Å². The fourth-order valence-electron chi connectivity index (χ4n) is 3.29. The van der Waals surface area contributed by atoms with Gasteiger partial charge in [-0.25, -0.2) is 0 Å². The van der Waals surface area contributed by atoms with Crippen LogP contribution in [0.15, 0.2) is 28.8 Å². The predicted molar refractivity (Wildman–Crippen MR) is 91.0 cm³/mol. The van der Waals surface area contributed by atoms with Gasteiger partial charge in [0.2, 0.25) is 5.76 Å². The summed E-state index contributed by atoms with van der Waals surface area (Å²) in [6, 6.07) is 7.73. The molecule has 3 heterocycles. The molecule has 0 N–H and O–H groups in total.